The number of hydrogen-bond donors (Lipinski definition) is 2. The van der Waals surface area contributed by atoms with Crippen LogP contribution in [0.3, 0.4) is 0 Å². The summed E-state index contributed by atoms with van der Waals surface area (Å²) in [7, 11) is 0. The molecular formula is C18H37AlClLiN2O2. The molecule has 1 aliphatic heterocycles. The van der Waals surface area contributed by atoms with Gasteiger partial charge in [0.05, 0.1) is 5.41 Å². The van der Waals surface area contributed by atoms with Crippen molar-refractivity contribution >= 4 is 35.7 Å². The Morgan fingerprint density at radius 3 is 1.52 bits per heavy atom. The first kappa shape index (κ1) is 25.8. The van der Waals surface area contributed by atoms with E-state index in [2.05, 4.69) is 13.8 Å². The second kappa shape index (κ2) is 8.87. The maximum Gasteiger partial charge on any atom is 1.00 e. The van der Waals surface area contributed by atoms with E-state index in [1.54, 1.807) is 0 Å². The smallest absolute Gasteiger partial charge is 1.00 e. The monoisotopic (exact) mass is 382 g/mol. The van der Waals surface area contributed by atoms with E-state index >= 15 is 0 Å². The van der Waals surface area contributed by atoms with Gasteiger partial charge in [-0.2, -0.15) is 0 Å². The molecule has 1 heterocycles. The van der Waals surface area contributed by atoms with Crippen LogP contribution in [0.4, 0.5) is 0 Å². The summed E-state index contributed by atoms with van der Waals surface area (Å²) >= 11 is 0. The van der Waals surface area contributed by atoms with E-state index in [4.69, 9.17) is 16.2 Å². The van der Waals surface area contributed by atoms with Gasteiger partial charge in [0, 0.05) is 13.2 Å². The molecule has 0 aromatic heterocycles. The summed E-state index contributed by atoms with van der Waals surface area (Å²) in [4.78, 5) is 10.7. The van der Waals surface area contributed by atoms with Gasteiger partial charge in [-0.15, -0.1) is 12.4 Å². The first-order valence-electron chi connectivity index (χ1n) is 8.82. The van der Waals surface area contributed by atoms with Crippen LogP contribution in [0.15, 0.2) is 0 Å². The second-order valence-electron chi connectivity index (χ2n) is 9.35. The Morgan fingerprint density at radius 2 is 1.40 bits per heavy atom. The molecule has 7 fully saturated rings. The number of carbonyl (C=O) groups is 1. The van der Waals surface area contributed by atoms with Crippen molar-refractivity contribution < 1.29 is 29.8 Å². The van der Waals surface area contributed by atoms with Gasteiger partial charge in [-0.05, 0) is 74.2 Å². The van der Waals surface area contributed by atoms with Crippen molar-refractivity contribution in [3.8, 4) is 0 Å². The van der Waals surface area contributed by atoms with E-state index in [1.165, 1.54) is 32.1 Å². The molecule has 7 heteroatoms. The van der Waals surface area contributed by atoms with E-state index in [-0.39, 0.29) is 61.4 Å². The zero-order chi connectivity index (χ0) is 16.1. The molecule has 4 N–H and O–H groups in total. The van der Waals surface area contributed by atoms with Gasteiger partial charge in [0.15, 0.2) is 17.4 Å². The van der Waals surface area contributed by atoms with Crippen molar-refractivity contribution in [1.29, 1.82) is 0 Å². The third-order valence-corrected chi connectivity index (χ3v) is 6.48. The second-order valence-corrected chi connectivity index (χ2v) is 9.35. The molecule has 7 aliphatic rings. The number of ether oxygens (including phenoxy) is 1. The summed E-state index contributed by atoms with van der Waals surface area (Å²) in [5, 5.41) is 0. The summed E-state index contributed by atoms with van der Waals surface area (Å²) in [5.41, 5.74) is 12.6. The molecule has 25 heavy (non-hydrogen) atoms. The summed E-state index contributed by atoms with van der Waals surface area (Å²) < 4.78 is 4.94. The molecule has 4 nitrogen and oxygen atoms in total. The molecule has 0 aromatic carbocycles. The fourth-order valence-corrected chi connectivity index (χ4v) is 5.84. The van der Waals surface area contributed by atoms with Gasteiger partial charge in [-0.1, -0.05) is 13.8 Å². The number of carbonyl (C=O) groups excluding carboxylic acids is 1. The van der Waals surface area contributed by atoms with Crippen LogP contribution in [0.25, 0.3) is 0 Å². The van der Waals surface area contributed by atoms with Gasteiger partial charge in [0.1, 0.15) is 0 Å². The number of hydrogen-bond acceptors (Lipinski definition) is 3. The average molecular weight is 383 g/mol. The Bertz CT molecular complexity index is 433. The Labute approximate surface area is 183 Å². The van der Waals surface area contributed by atoms with Crippen molar-refractivity contribution in [2.45, 2.75) is 65.2 Å². The molecule has 1 saturated heterocycles. The molecule has 0 atom stereocenters. The molecule has 0 aromatic rings. The number of rotatable bonds is 2. The third kappa shape index (κ3) is 5.00. The molecule has 0 spiro atoms. The van der Waals surface area contributed by atoms with Crippen molar-refractivity contribution in [3.05, 3.63) is 0 Å². The number of primary amides is 1. The van der Waals surface area contributed by atoms with Gasteiger partial charge in [-0.3, -0.25) is 4.79 Å². The topological polar surface area (TPSA) is 78.3 Å². The maximum absolute atomic E-state index is 10.7. The van der Waals surface area contributed by atoms with Gasteiger partial charge >= 0.3 is 18.9 Å². The third-order valence-electron chi connectivity index (χ3n) is 6.48. The maximum atomic E-state index is 10.7. The zero-order valence-corrected chi connectivity index (χ0v) is 16.5. The minimum Gasteiger partial charge on any atom is -1.00 e. The summed E-state index contributed by atoms with van der Waals surface area (Å²) in [6.07, 6.45) is 9.95. The van der Waals surface area contributed by atoms with Crippen LogP contribution in [0.1, 0.15) is 66.6 Å². The Hall–Kier alpha value is 0.810. The summed E-state index contributed by atoms with van der Waals surface area (Å²) in [6, 6.07) is 0. The van der Waals surface area contributed by atoms with Crippen LogP contribution in [0.5, 0.6) is 0 Å². The van der Waals surface area contributed by atoms with E-state index in [0.717, 1.165) is 44.4 Å². The van der Waals surface area contributed by atoms with Crippen LogP contribution < -0.4 is 30.3 Å². The fraction of sp³-hybridized carbons (Fsp3) is 0.944. The molecule has 6 aliphatic carbocycles. The van der Waals surface area contributed by atoms with Crippen LogP contribution in [-0.4, -0.2) is 43.0 Å². The van der Waals surface area contributed by atoms with Crippen LogP contribution in [-0.2, 0) is 9.53 Å². The Balaban J connectivity index is 0. The summed E-state index contributed by atoms with van der Waals surface area (Å²) in [6.45, 7) is 7.52. The van der Waals surface area contributed by atoms with Gasteiger partial charge in [0.25, 0.3) is 0 Å². The minimum absolute atomic E-state index is 0. The molecule has 1 amide bonds. The van der Waals surface area contributed by atoms with E-state index in [1.807, 2.05) is 0 Å². The van der Waals surface area contributed by atoms with Gasteiger partial charge in [0.2, 0.25) is 5.91 Å². The van der Waals surface area contributed by atoms with Gasteiger partial charge in [-0.25, -0.2) is 0 Å². The predicted octanol–water partition coefficient (Wildman–Crippen LogP) is -1.05. The number of nitrogens with two attached hydrogens (primary N) is 2. The normalized spacial score (nSPS) is 43.0. The zero-order valence-electron chi connectivity index (χ0n) is 16.7. The molecule has 0 radical (unpaired) electrons. The molecule has 0 unspecified atom stereocenters. The van der Waals surface area contributed by atoms with Crippen LogP contribution >= 0.6 is 12.4 Å². The molecule has 6 saturated carbocycles. The molecule has 142 valence electrons. The first-order valence-corrected chi connectivity index (χ1v) is 8.82. The first-order chi connectivity index (χ1) is 10.2. The Morgan fingerprint density at radius 1 is 1.00 bits per heavy atom. The molecular weight excluding hydrogens is 346 g/mol. The Kier molecular flexibility index (Phi) is 9.16. The minimum atomic E-state index is -0.0776. The number of halogens is 1. The SMILES string of the molecule is C1CCOC1.CC12CC(C(N)=O)(C1)C2.CC12CC(CN)(C1)C2.Cl.[AlH3].[H-].[Li+]. The van der Waals surface area contributed by atoms with Crippen molar-refractivity contribution in [2.75, 3.05) is 19.8 Å². The quantitative estimate of drug-likeness (QED) is 0.598. The average Bonchev–Trinajstić information content (AvgIpc) is 2.88. The van der Waals surface area contributed by atoms with Crippen LogP contribution in [0.2, 0.25) is 0 Å². The van der Waals surface area contributed by atoms with Crippen LogP contribution in [0, 0.1) is 21.7 Å². The van der Waals surface area contributed by atoms with Crippen molar-refractivity contribution in [3.63, 3.8) is 0 Å². The fourth-order valence-electron chi connectivity index (χ4n) is 5.84. The largest absolute Gasteiger partial charge is 1.00 e. The number of amides is 1. The van der Waals surface area contributed by atoms with E-state index in [9.17, 15) is 4.79 Å². The van der Waals surface area contributed by atoms with Crippen molar-refractivity contribution in [1.82, 2.24) is 0 Å². The summed E-state index contributed by atoms with van der Waals surface area (Å²) in [5.74, 6) is -0.0776. The van der Waals surface area contributed by atoms with Gasteiger partial charge < -0.3 is 17.6 Å². The predicted molar refractivity (Wildman–Crippen MR) is 105 cm³/mol. The molecule has 7 rings (SSSR count). The standard InChI is InChI=1S/C7H11NO.C7H13N.C4H8O.Al.ClH.Li.4H/c1-6-2-7(3-6,4-6)5(8)9;1-6-2-7(3-6,4-6)5-8;1-2-4-5-3-1;;;;;;;/h2-4H2,1H3,(H2,8,9);2-5,8H2,1H3;1-4H2;;1H;;;;;/q;;;;;+1;;;;-1. The van der Waals surface area contributed by atoms with E-state index < -0.39 is 0 Å². The van der Waals surface area contributed by atoms with Crippen molar-refractivity contribution in [2.24, 2.45) is 33.1 Å². The van der Waals surface area contributed by atoms with E-state index in [0.29, 0.717) is 10.8 Å². The molecule has 4 bridgehead atoms.